The number of carbonyl (C=O) groups is 1. The Morgan fingerprint density at radius 2 is 2.05 bits per heavy atom. The van der Waals surface area contributed by atoms with Crippen LogP contribution in [-0.2, 0) is 28.3 Å². The molecule has 0 aliphatic carbocycles. The number of carbonyl (C=O) groups excluding carboxylic acids is 1. The Hall–Kier alpha value is -1.95. The summed E-state index contributed by atoms with van der Waals surface area (Å²) in [7, 11) is 1.66. The Balaban J connectivity index is 1.99. The van der Waals surface area contributed by atoms with Gasteiger partial charge in [-0.2, -0.15) is 0 Å². The molecule has 0 aliphatic rings. The maximum absolute atomic E-state index is 10.9. The fraction of sp³-hybridized carbons (Fsp3) is 0.375. The number of thioether (sulfide) groups is 1. The Kier molecular flexibility index (Phi) is 5.89. The van der Waals surface area contributed by atoms with Crippen LogP contribution in [0.4, 0.5) is 0 Å². The molecule has 1 N–H and O–H groups in total. The quantitative estimate of drug-likeness (QED) is 0.626. The van der Waals surface area contributed by atoms with Crippen LogP contribution in [0.5, 0.6) is 5.75 Å². The van der Waals surface area contributed by atoms with E-state index in [0.29, 0.717) is 5.82 Å². The number of nitrogens with one attached hydrogen (secondary N) is 1. The van der Waals surface area contributed by atoms with E-state index in [0.717, 1.165) is 28.6 Å². The summed E-state index contributed by atoms with van der Waals surface area (Å²) in [6, 6.07) is 7.99. The third kappa shape index (κ3) is 4.53. The summed E-state index contributed by atoms with van der Waals surface area (Å²) in [6.07, 6.45) is 0.859. The van der Waals surface area contributed by atoms with Gasteiger partial charge in [0.1, 0.15) is 23.2 Å². The van der Waals surface area contributed by atoms with Crippen LogP contribution >= 0.6 is 11.8 Å². The summed E-state index contributed by atoms with van der Waals surface area (Å²) in [5.41, 5.74) is 2.28. The molecular formula is C16H20N2O3S. The first kappa shape index (κ1) is 16.4. The second-order valence-electron chi connectivity index (χ2n) is 4.74. The van der Waals surface area contributed by atoms with E-state index in [2.05, 4.69) is 16.9 Å². The summed E-state index contributed by atoms with van der Waals surface area (Å²) in [5.74, 6) is 2.06. The number of hydrogen-bond donors (Lipinski definition) is 1. The molecular weight excluding hydrogens is 300 g/mol. The normalized spacial score (nSPS) is 10.5. The van der Waals surface area contributed by atoms with Crippen molar-refractivity contribution < 1.29 is 14.3 Å². The Bertz CT molecular complexity index is 623. The van der Waals surface area contributed by atoms with Gasteiger partial charge in [-0.25, -0.2) is 4.98 Å². The number of methoxy groups -OCH3 is 1. The number of benzene rings is 1. The monoisotopic (exact) mass is 320 g/mol. The van der Waals surface area contributed by atoms with E-state index < -0.39 is 0 Å². The van der Waals surface area contributed by atoms with Gasteiger partial charge in [-0.3, -0.25) is 4.79 Å². The molecule has 0 bridgehead atoms. The molecule has 118 valence electrons. The molecule has 0 fully saturated rings. The molecule has 0 amide bonds. The molecule has 0 unspecified atom stereocenters. The first-order valence-corrected chi connectivity index (χ1v) is 8.07. The largest absolute Gasteiger partial charge is 0.497 e. The van der Waals surface area contributed by atoms with Gasteiger partial charge in [-0.15, -0.1) is 0 Å². The zero-order valence-electron chi connectivity index (χ0n) is 13.0. The van der Waals surface area contributed by atoms with Gasteiger partial charge in [0.15, 0.2) is 0 Å². The van der Waals surface area contributed by atoms with Crippen LogP contribution in [0.15, 0.2) is 29.3 Å². The third-order valence-corrected chi connectivity index (χ3v) is 4.18. The van der Waals surface area contributed by atoms with Gasteiger partial charge in [-0.05, 0) is 24.1 Å². The lowest BCUT2D eigenvalue weighted by Gasteiger charge is -2.03. The molecule has 2 aromatic rings. The van der Waals surface area contributed by atoms with Crippen molar-refractivity contribution in [2.24, 2.45) is 0 Å². The van der Waals surface area contributed by atoms with Gasteiger partial charge in [0.25, 0.3) is 0 Å². The zero-order valence-corrected chi connectivity index (χ0v) is 13.8. The molecule has 0 saturated heterocycles. The molecule has 0 aliphatic heterocycles. The second kappa shape index (κ2) is 7.89. The van der Waals surface area contributed by atoms with Crippen LogP contribution in [0.3, 0.4) is 0 Å². The van der Waals surface area contributed by atoms with Crippen molar-refractivity contribution in [3.63, 3.8) is 0 Å². The number of ether oxygens (including phenoxy) is 2. The SMILES string of the molecule is CCc1[nH]c(COC(C)=O)nc1SCc1ccc(OC)cc1. The van der Waals surface area contributed by atoms with Crippen molar-refractivity contribution in [1.82, 2.24) is 9.97 Å². The first-order chi connectivity index (χ1) is 10.6. The van der Waals surface area contributed by atoms with Crippen molar-refractivity contribution >= 4 is 17.7 Å². The number of rotatable bonds is 7. The van der Waals surface area contributed by atoms with E-state index in [1.807, 2.05) is 24.3 Å². The fourth-order valence-corrected chi connectivity index (χ4v) is 2.96. The molecule has 5 nitrogen and oxygen atoms in total. The number of esters is 1. The average molecular weight is 320 g/mol. The molecule has 0 radical (unpaired) electrons. The van der Waals surface area contributed by atoms with Crippen LogP contribution in [0.25, 0.3) is 0 Å². The van der Waals surface area contributed by atoms with Crippen LogP contribution in [0.1, 0.15) is 30.9 Å². The molecule has 22 heavy (non-hydrogen) atoms. The first-order valence-electron chi connectivity index (χ1n) is 7.09. The highest BCUT2D eigenvalue weighted by Gasteiger charge is 2.10. The van der Waals surface area contributed by atoms with Gasteiger partial charge in [0.05, 0.1) is 7.11 Å². The predicted octanol–water partition coefficient (Wildman–Crippen LogP) is 3.34. The smallest absolute Gasteiger partial charge is 0.303 e. The maximum atomic E-state index is 10.9. The van der Waals surface area contributed by atoms with Crippen LogP contribution in [-0.4, -0.2) is 23.0 Å². The maximum Gasteiger partial charge on any atom is 0.303 e. The number of aromatic amines is 1. The van der Waals surface area contributed by atoms with Gasteiger partial charge >= 0.3 is 5.97 Å². The number of aryl methyl sites for hydroxylation is 1. The number of hydrogen-bond acceptors (Lipinski definition) is 5. The average Bonchev–Trinajstić information content (AvgIpc) is 2.93. The molecule has 1 aromatic heterocycles. The second-order valence-corrected chi connectivity index (χ2v) is 5.70. The minimum Gasteiger partial charge on any atom is -0.497 e. The number of H-pyrrole nitrogens is 1. The summed E-state index contributed by atoms with van der Waals surface area (Å²) in [6.45, 7) is 3.65. The molecule has 2 rings (SSSR count). The van der Waals surface area contributed by atoms with E-state index in [4.69, 9.17) is 9.47 Å². The van der Waals surface area contributed by atoms with Crippen molar-refractivity contribution in [3.05, 3.63) is 41.3 Å². The predicted molar refractivity (Wildman–Crippen MR) is 86.0 cm³/mol. The Labute approximate surface area is 134 Å². The van der Waals surface area contributed by atoms with Crippen LogP contribution in [0.2, 0.25) is 0 Å². The minimum atomic E-state index is -0.304. The minimum absolute atomic E-state index is 0.186. The van der Waals surface area contributed by atoms with E-state index >= 15 is 0 Å². The van der Waals surface area contributed by atoms with E-state index in [9.17, 15) is 4.79 Å². The summed E-state index contributed by atoms with van der Waals surface area (Å²) >= 11 is 1.67. The molecule has 0 atom stereocenters. The molecule has 6 heteroatoms. The Morgan fingerprint density at radius 1 is 1.32 bits per heavy atom. The topological polar surface area (TPSA) is 64.2 Å². The number of nitrogens with zero attached hydrogens (tertiary/aromatic N) is 1. The standard InChI is InChI=1S/C16H20N2O3S/c1-4-14-16(18-15(17-14)9-21-11(2)19)22-10-12-5-7-13(20-3)8-6-12/h5-8H,4,9-10H2,1-3H3,(H,17,18). The lowest BCUT2D eigenvalue weighted by atomic mass is 10.2. The van der Waals surface area contributed by atoms with Crippen molar-refractivity contribution in [2.75, 3.05) is 7.11 Å². The van der Waals surface area contributed by atoms with Crippen molar-refractivity contribution in [2.45, 2.75) is 37.7 Å². The Morgan fingerprint density at radius 3 is 2.64 bits per heavy atom. The third-order valence-electron chi connectivity index (χ3n) is 3.09. The fourth-order valence-electron chi connectivity index (χ4n) is 1.92. The lowest BCUT2D eigenvalue weighted by Crippen LogP contribution is -2.00. The van der Waals surface area contributed by atoms with E-state index in [1.54, 1.807) is 18.9 Å². The van der Waals surface area contributed by atoms with Crippen molar-refractivity contribution in [3.8, 4) is 5.75 Å². The number of aromatic nitrogens is 2. The number of imidazole rings is 1. The van der Waals surface area contributed by atoms with Gasteiger partial charge in [0.2, 0.25) is 0 Å². The highest BCUT2D eigenvalue weighted by molar-refractivity contribution is 7.98. The van der Waals surface area contributed by atoms with Gasteiger partial charge in [-0.1, -0.05) is 30.8 Å². The zero-order chi connectivity index (χ0) is 15.9. The van der Waals surface area contributed by atoms with Crippen molar-refractivity contribution in [1.29, 1.82) is 0 Å². The van der Waals surface area contributed by atoms with Gasteiger partial charge < -0.3 is 14.5 Å². The molecule has 0 saturated carbocycles. The highest BCUT2D eigenvalue weighted by Crippen LogP contribution is 2.26. The summed E-state index contributed by atoms with van der Waals surface area (Å²) in [4.78, 5) is 18.6. The summed E-state index contributed by atoms with van der Waals surface area (Å²) < 4.78 is 10.1. The molecule has 1 aromatic carbocycles. The lowest BCUT2D eigenvalue weighted by molar-refractivity contribution is -0.142. The molecule has 0 spiro atoms. The molecule has 1 heterocycles. The van der Waals surface area contributed by atoms with Crippen LogP contribution in [0, 0.1) is 0 Å². The summed E-state index contributed by atoms with van der Waals surface area (Å²) in [5, 5.41) is 0.959. The highest BCUT2D eigenvalue weighted by atomic mass is 32.2. The van der Waals surface area contributed by atoms with Gasteiger partial charge in [0, 0.05) is 18.4 Å². The van der Waals surface area contributed by atoms with Crippen LogP contribution < -0.4 is 4.74 Å². The van der Waals surface area contributed by atoms with E-state index in [-0.39, 0.29) is 12.6 Å². The van der Waals surface area contributed by atoms with E-state index in [1.165, 1.54) is 12.5 Å².